The Bertz CT molecular complexity index is 635. The highest BCUT2D eigenvalue weighted by molar-refractivity contribution is 5.94. The molecule has 110 valence electrons. The van der Waals surface area contributed by atoms with E-state index in [0.717, 1.165) is 16.9 Å². The van der Waals surface area contributed by atoms with Gasteiger partial charge < -0.3 is 15.2 Å². The van der Waals surface area contributed by atoms with Crippen LogP contribution in [0, 0.1) is 6.92 Å². The van der Waals surface area contributed by atoms with Crippen molar-refractivity contribution in [3.8, 4) is 11.5 Å². The molecule has 1 atom stereocenters. The molecular weight excluding hydrogens is 266 g/mol. The molecule has 0 radical (unpaired) electrons. The van der Waals surface area contributed by atoms with Crippen LogP contribution in [0.25, 0.3) is 0 Å². The van der Waals surface area contributed by atoms with E-state index in [-0.39, 0.29) is 17.7 Å². The molecule has 2 rings (SSSR count). The number of hydrogen-bond donors (Lipinski definition) is 2. The highest BCUT2D eigenvalue weighted by Crippen LogP contribution is 2.20. The van der Waals surface area contributed by atoms with E-state index in [2.05, 4.69) is 5.32 Å². The second-order valence-electron chi connectivity index (χ2n) is 4.97. The van der Waals surface area contributed by atoms with Crippen molar-refractivity contribution >= 4 is 5.91 Å². The second kappa shape index (κ2) is 6.31. The Kier molecular flexibility index (Phi) is 4.48. The van der Waals surface area contributed by atoms with Crippen molar-refractivity contribution in [3.63, 3.8) is 0 Å². The maximum absolute atomic E-state index is 12.2. The van der Waals surface area contributed by atoms with Gasteiger partial charge in [0, 0.05) is 5.56 Å². The van der Waals surface area contributed by atoms with Gasteiger partial charge >= 0.3 is 0 Å². The van der Waals surface area contributed by atoms with Crippen molar-refractivity contribution in [2.45, 2.75) is 19.9 Å². The largest absolute Gasteiger partial charge is 0.508 e. The van der Waals surface area contributed by atoms with Gasteiger partial charge in [-0.3, -0.25) is 4.79 Å². The van der Waals surface area contributed by atoms with Crippen LogP contribution in [-0.2, 0) is 0 Å². The van der Waals surface area contributed by atoms with Crippen molar-refractivity contribution in [2.75, 3.05) is 7.11 Å². The molecule has 0 fully saturated rings. The summed E-state index contributed by atoms with van der Waals surface area (Å²) >= 11 is 0. The number of phenolic OH excluding ortho intramolecular Hbond substituents is 1. The van der Waals surface area contributed by atoms with Crippen LogP contribution in [0.1, 0.15) is 34.5 Å². The minimum Gasteiger partial charge on any atom is -0.508 e. The second-order valence-corrected chi connectivity index (χ2v) is 4.97. The zero-order valence-corrected chi connectivity index (χ0v) is 12.4. The fourth-order valence-electron chi connectivity index (χ4n) is 2.01. The lowest BCUT2D eigenvalue weighted by Crippen LogP contribution is -2.26. The Balaban J connectivity index is 2.08. The Morgan fingerprint density at radius 3 is 2.43 bits per heavy atom. The van der Waals surface area contributed by atoms with E-state index in [9.17, 15) is 9.90 Å². The van der Waals surface area contributed by atoms with Crippen LogP contribution >= 0.6 is 0 Å². The van der Waals surface area contributed by atoms with Gasteiger partial charge in [0.15, 0.2) is 0 Å². The fraction of sp³-hybridized carbons (Fsp3) is 0.235. The summed E-state index contributed by atoms with van der Waals surface area (Å²) in [6, 6.07) is 12.3. The van der Waals surface area contributed by atoms with Gasteiger partial charge in [-0.25, -0.2) is 0 Å². The number of nitrogens with one attached hydrogen (secondary N) is 1. The smallest absolute Gasteiger partial charge is 0.251 e. The van der Waals surface area contributed by atoms with E-state index in [4.69, 9.17) is 4.74 Å². The minimum absolute atomic E-state index is 0.125. The molecule has 0 aliphatic rings. The van der Waals surface area contributed by atoms with Gasteiger partial charge in [0.2, 0.25) is 0 Å². The van der Waals surface area contributed by atoms with Crippen molar-refractivity contribution in [1.29, 1.82) is 0 Å². The van der Waals surface area contributed by atoms with Gasteiger partial charge in [-0.05, 0) is 49.2 Å². The molecule has 0 heterocycles. The molecule has 2 aromatic rings. The summed E-state index contributed by atoms with van der Waals surface area (Å²) in [5, 5.41) is 12.6. The van der Waals surface area contributed by atoms with Crippen LogP contribution in [0.4, 0.5) is 0 Å². The van der Waals surface area contributed by atoms with Gasteiger partial charge in [-0.1, -0.05) is 18.2 Å². The minimum atomic E-state index is -0.214. The number of hydrogen-bond acceptors (Lipinski definition) is 3. The molecule has 0 saturated heterocycles. The van der Waals surface area contributed by atoms with Gasteiger partial charge in [-0.15, -0.1) is 0 Å². The lowest BCUT2D eigenvalue weighted by molar-refractivity contribution is 0.0939. The number of amides is 1. The van der Waals surface area contributed by atoms with Gasteiger partial charge in [0.25, 0.3) is 5.91 Å². The van der Waals surface area contributed by atoms with Crippen molar-refractivity contribution in [1.82, 2.24) is 5.32 Å². The first-order valence-electron chi connectivity index (χ1n) is 6.75. The van der Waals surface area contributed by atoms with Gasteiger partial charge in [0.05, 0.1) is 13.2 Å². The summed E-state index contributed by atoms with van der Waals surface area (Å²) in [5.41, 5.74) is 2.17. The number of rotatable bonds is 4. The Morgan fingerprint density at radius 1 is 1.19 bits per heavy atom. The zero-order chi connectivity index (χ0) is 15.4. The van der Waals surface area contributed by atoms with E-state index in [0.29, 0.717) is 5.56 Å². The summed E-state index contributed by atoms with van der Waals surface area (Å²) in [4.78, 5) is 12.2. The summed E-state index contributed by atoms with van der Waals surface area (Å²) in [5.74, 6) is 0.689. The van der Waals surface area contributed by atoms with Crippen LogP contribution in [0.5, 0.6) is 11.5 Å². The van der Waals surface area contributed by atoms with Crippen molar-refractivity contribution < 1.29 is 14.6 Å². The fourth-order valence-corrected chi connectivity index (χ4v) is 2.01. The monoisotopic (exact) mass is 285 g/mol. The quantitative estimate of drug-likeness (QED) is 0.907. The summed E-state index contributed by atoms with van der Waals surface area (Å²) < 4.78 is 5.11. The zero-order valence-electron chi connectivity index (χ0n) is 12.4. The summed E-state index contributed by atoms with van der Waals surface area (Å²) in [6.07, 6.45) is 0. The third-order valence-electron chi connectivity index (χ3n) is 3.43. The normalized spacial score (nSPS) is 11.8. The molecule has 2 aromatic carbocycles. The van der Waals surface area contributed by atoms with Gasteiger partial charge in [-0.2, -0.15) is 0 Å². The van der Waals surface area contributed by atoms with E-state index < -0.39 is 0 Å². The number of benzene rings is 2. The SMILES string of the molecule is COc1ccc(C(C)NC(=O)c2ccc(C)c(O)c2)cc1. The number of carbonyl (C=O) groups excluding carboxylic acids is 1. The lowest BCUT2D eigenvalue weighted by atomic mass is 10.1. The number of aromatic hydroxyl groups is 1. The number of ether oxygens (including phenoxy) is 1. The third-order valence-corrected chi connectivity index (χ3v) is 3.43. The molecule has 1 unspecified atom stereocenters. The molecule has 4 nitrogen and oxygen atoms in total. The molecule has 21 heavy (non-hydrogen) atoms. The molecule has 0 bridgehead atoms. The maximum Gasteiger partial charge on any atom is 0.251 e. The van der Waals surface area contributed by atoms with E-state index in [1.165, 1.54) is 6.07 Å². The lowest BCUT2D eigenvalue weighted by Gasteiger charge is -2.15. The first-order valence-corrected chi connectivity index (χ1v) is 6.75. The van der Waals surface area contributed by atoms with Crippen LogP contribution in [0.2, 0.25) is 0 Å². The average Bonchev–Trinajstić information content (AvgIpc) is 2.50. The van der Waals surface area contributed by atoms with Crippen LogP contribution in [-0.4, -0.2) is 18.1 Å². The Morgan fingerprint density at radius 2 is 1.86 bits per heavy atom. The average molecular weight is 285 g/mol. The van der Waals surface area contributed by atoms with E-state index in [1.54, 1.807) is 26.2 Å². The molecule has 0 saturated carbocycles. The Hall–Kier alpha value is -2.49. The standard InChI is InChI=1S/C17H19NO3/c1-11-4-5-14(10-16(11)19)17(20)18-12(2)13-6-8-15(21-3)9-7-13/h4-10,12,19H,1-3H3,(H,18,20). The highest BCUT2D eigenvalue weighted by atomic mass is 16.5. The molecule has 1 amide bonds. The topological polar surface area (TPSA) is 58.6 Å². The first kappa shape index (κ1) is 14.9. The van der Waals surface area contributed by atoms with Crippen LogP contribution in [0.15, 0.2) is 42.5 Å². The summed E-state index contributed by atoms with van der Waals surface area (Å²) in [6.45, 7) is 3.70. The predicted octanol–water partition coefficient (Wildman–Crippen LogP) is 3.20. The first-order chi connectivity index (χ1) is 10.0. The summed E-state index contributed by atoms with van der Waals surface area (Å²) in [7, 11) is 1.62. The molecule has 0 spiro atoms. The number of methoxy groups -OCH3 is 1. The maximum atomic E-state index is 12.2. The number of aryl methyl sites for hydroxylation is 1. The highest BCUT2D eigenvalue weighted by Gasteiger charge is 2.12. The van der Waals surface area contributed by atoms with E-state index >= 15 is 0 Å². The molecule has 0 aliphatic carbocycles. The van der Waals surface area contributed by atoms with Gasteiger partial charge in [0.1, 0.15) is 11.5 Å². The number of phenols is 1. The number of carbonyl (C=O) groups is 1. The van der Waals surface area contributed by atoms with E-state index in [1.807, 2.05) is 31.2 Å². The van der Waals surface area contributed by atoms with Crippen LogP contribution in [0.3, 0.4) is 0 Å². The molecule has 2 N–H and O–H groups in total. The molecule has 0 aliphatic heterocycles. The Labute approximate surface area is 124 Å². The molecule has 0 aromatic heterocycles. The molecule has 4 heteroatoms. The van der Waals surface area contributed by atoms with Crippen LogP contribution < -0.4 is 10.1 Å². The predicted molar refractivity (Wildman–Crippen MR) is 81.7 cm³/mol. The molecular formula is C17H19NO3. The van der Waals surface area contributed by atoms with Crippen molar-refractivity contribution in [3.05, 3.63) is 59.2 Å². The third kappa shape index (κ3) is 3.54. The van der Waals surface area contributed by atoms with Crippen molar-refractivity contribution in [2.24, 2.45) is 0 Å².